The van der Waals surface area contributed by atoms with Crippen molar-refractivity contribution in [2.45, 2.75) is 39.0 Å². The maximum atomic E-state index is 12.4. The molecule has 0 aliphatic heterocycles. The Bertz CT molecular complexity index is 810. The van der Waals surface area contributed by atoms with Gasteiger partial charge in [-0.15, -0.1) is 0 Å². The molecule has 162 valence electrons. The quantitative estimate of drug-likeness (QED) is 0.520. The third-order valence-electron chi connectivity index (χ3n) is 5.01. The molecule has 0 spiro atoms. The lowest BCUT2D eigenvalue weighted by Crippen LogP contribution is -2.44. The van der Waals surface area contributed by atoms with Crippen LogP contribution < -0.4 is 10.6 Å². The summed E-state index contributed by atoms with van der Waals surface area (Å²) in [5.74, 6) is 0.652. The molecule has 0 aliphatic rings. The number of benzene rings is 1. The SMILES string of the molecule is CN=C(NCCc1ccc(C(C)(C)C)cc1)NCC(=O)N(C)CCc1ccccn1. The fourth-order valence-electron chi connectivity index (χ4n) is 2.96. The topological polar surface area (TPSA) is 69.6 Å². The first-order valence-electron chi connectivity index (χ1n) is 10.5. The van der Waals surface area contributed by atoms with Crippen LogP contribution in [0.25, 0.3) is 0 Å². The average Bonchev–Trinajstić information content (AvgIpc) is 2.74. The largest absolute Gasteiger partial charge is 0.356 e. The summed E-state index contributed by atoms with van der Waals surface area (Å²) in [5, 5.41) is 6.37. The third-order valence-corrected chi connectivity index (χ3v) is 5.01. The molecule has 0 bridgehead atoms. The van der Waals surface area contributed by atoms with Crippen molar-refractivity contribution in [1.82, 2.24) is 20.5 Å². The van der Waals surface area contributed by atoms with Gasteiger partial charge in [0.05, 0.1) is 6.54 Å². The molecule has 0 aliphatic carbocycles. The lowest BCUT2D eigenvalue weighted by molar-refractivity contribution is -0.128. The van der Waals surface area contributed by atoms with Crippen LogP contribution in [0.5, 0.6) is 0 Å². The number of nitrogens with one attached hydrogen (secondary N) is 2. The summed E-state index contributed by atoms with van der Waals surface area (Å²) in [5.41, 5.74) is 3.76. The number of nitrogens with zero attached hydrogens (tertiary/aromatic N) is 3. The number of aromatic nitrogens is 1. The zero-order chi connectivity index (χ0) is 22.0. The van der Waals surface area contributed by atoms with E-state index < -0.39 is 0 Å². The van der Waals surface area contributed by atoms with Crippen molar-refractivity contribution in [3.05, 3.63) is 65.5 Å². The summed E-state index contributed by atoms with van der Waals surface area (Å²) in [6.07, 6.45) is 3.40. The first-order valence-corrected chi connectivity index (χ1v) is 10.5. The maximum absolute atomic E-state index is 12.4. The number of carbonyl (C=O) groups is 1. The molecule has 6 nitrogen and oxygen atoms in total. The van der Waals surface area contributed by atoms with Gasteiger partial charge in [-0.05, 0) is 35.1 Å². The molecular weight excluding hydrogens is 374 g/mol. The lowest BCUT2D eigenvalue weighted by atomic mass is 9.86. The summed E-state index contributed by atoms with van der Waals surface area (Å²) < 4.78 is 0. The third kappa shape index (κ3) is 7.85. The van der Waals surface area contributed by atoms with E-state index in [2.05, 4.69) is 65.6 Å². The van der Waals surface area contributed by atoms with Crippen LogP contribution in [0.2, 0.25) is 0 Å². The fraction of sp³-hybridized carbons (Fsp3) is 0.458. The van der Waals surface area contributed by atoms with Crippen molar-refractivity contribution >= 4 is 11.9 Å². The van der Waals surface area contributed by atoms with Gasteiger partial charge in [-0.1, -0.05) is 51.1 Å². The van der Waals surface area contributed by atoms with Crippen LogP contribution in [0.1, 0.15) is 37.6 Å². The molecule has 1 aromatic carbocycles. The van der Waals surface area contributed by atoms with Gasteiger partial charge in [0.15, 0.2) is 5.96 Å². The normalized spacial score (nSPS) is 11.8. The van der Waals surface area contributed by atoms with Crippen LogP contribution in [0, 0.1) is 0 Å². The van der Waals surface area contributed by atoms with E-state index in [-0.39, 0.29) is 17.9 Å². The first-order chi connectivity index (χ1) is 14.3. The number of likely N-dealkylation sites (N-methyl/N-ethyl adjacent to an activating group) is 1. The Morgan fingerprint density at radius 2 is 1.80 bits per heavy atom. The van der Waals surface area contributed by atoms with Crippen molar-refractivity contribution in [3.8, 4) is 0 Å². The maximum Gasteiger partial charge on any atom is 0.241 e. The minimum atomic E-state index is 0.0200. The second-order valence-electron chi connectivity index (χ2n) is 8.44. The van der Waals surface area contributed by atoms with E-state index in [1.54, 1.807) is 18.1 Å². The smallest absolute Gasteiger partial charge is 0.241 e. The van der Waals surface area contributed by atoms with Gasteiger partial charge in [-0.3, -0.25) is 14.8 Å². The van der Waals surface area contributed by atoms with Gasteiger partial charge in [0.1, 0.15) is 0 Å². The van der Waals surface area contributed by atoms with Crippen molar-refractivity contribution in [2.24, 2.45) is 4.99 Å². The minimum absolute atomic E-state index is 0.0200. The molecule has 2 N–H and O–H groups in total. The summed E-state index contributed by atoms with van der Waals surface area (Å²) in [6, 6.07) is 14.6. The Morgan fingerprint density at radius 1 is 1.07 bits per heavy atom. The van der Waals surface area contributed by atoms with Crippen LogP contribution in [0.3, 0.4) is 0 Å². The van der Waals surface area contributed by atoms with Crippen LogP contribution in [-0.4, -0.2) is 55.5 Å². The van der Waals surface area contributed by atoms with Gasteiger partial charge in [-0.2, -0.15) is 0 Å². The van der Waals surface area contributed by atoms with E-state index in [1.165, 1.54) is 11.1 Å². The highest BCUT2D eigenvalue weighted by Gasteiger charge is 2.13. The minimum Gasteiger partial charge on any atom is -0.356 e. The lowest BCUT2D eigenvalue weighted by Gasteiger charge is -2.19. The Kier molecular flexibility index (Phi) is 8.84. The van der Waals surface area contributed by atoms with Gasteiger partial charge >= 0.3 is 0 Å². The zero-order valence-electron chi connectivity index (χ0n) is 18.9. The highest BCUT2D eigenvalue weighted by atomic mass is 16.2. The van der Waals surface area contributed by atoms with Gasteiger partial charge in [0, 0.05) is 45.5 Å². The monoisotopic (exact) mass is 409 g/mol. The Hall–Kier alpha value is -2.89. The highest BCUT2D eigenvalue weighted by molar-refractivity contribution is 5.86. The fourth-order valence-corrected chi connectivity index (χ4v) is 2.96. The van der Waals surface area contributed by atoms with Gasteiger partial charge in [0.25, 0.3) is 0 Å². The number of carbonyl (C=O) groups excluding carboxylic acids is 1. The number of pyridine rings is 1. The van der Waals surface area contributed by atoms with Gasteiger partial charge < -0.3 is 15.5 Å². The van der Waals surface area contributed by atoms with Gasteiger partial charge in [0.2, 0.25) is 5.91 Å². The summed E-state index contributed by atoms with van der Waals surface area (Å²) in [7, 11) is 3.52. The van der Waals surface area contributed by atoms with E-state index in [4.69, 9.17) is 0 Å². The molecule has 0 unspecified atom stereocenters. The highest BCUT2D eigenvalue weighted by Crippen LogP contribution is 2.22. The second-order valence-corrected chi connectivity index (χ2v) is 8.44. The predicted octanol–water partition coefficient (Wildman–Crippen LogP) is 2.79. The zero-order valence-corrected chi connectivity index (χ0v) is 18.9. The van der Waals surface area contributed by atoms with Crippen molar-refractivity contribution in [3.63, 3.8) is 0 Å². The predicted molar refractivity (Wildman–Crippen MR) is 124 cm³/mol. The molecule has 0 fully saturated rings. The number of amides is 1. The van der Waals surface area contributed by atoms with Crippen LogP contribution in [-0.2, 0) is 23.1 Å². The molecule has 2 aromatic rings. The van der Waals surface area contributed by atoms with Crippen molar-refractivity contribution < 1.29 is 4.79 Å². The standard InChI is InChI=1S/C24H35N5O/c1-24(2,3)20-11-9-19(10-12-20)13-16-27-23(25-4)28-18-22(30)29(5)17-14-21-8-6-7-15-26-21/h6-12,15H,13-14,16-18H2,1-5H3,(H2,25,27,28). The molecule has 0 radical (unpaired) electrons. The Morgan fingerprint density at radius 3 is 2.40 bits per heavy atom. The van der Waals surface area contributed by atoms with E-state index in [0.29, 0.717) is 12.5 Å². The molecule has 0 saturated carbocycles. The number of aliphatic imine (C=N–C) groups is 1. The van der Waals surface area contributed by atoms with Crippen molar-refractivity contribution in [1.29, 1.82) is 0 Å². The first kappa shape index (κ1) is 23.4. The summed E-state index contributed by atoms with van der Waals surface area (Å²) in [4.78, 5) is 22.6. The van der Waals surface area contributed by atoms with E-state index >= 15 is 0 Å². The number of guanidine groups is 1. The second kappa shape index (κ2) is 11.3. The molecule has 1 amide bonds. The molecule has 2 rings (SSSR count). The summed E-state index contributed by atoms with van der Waals surface area (Å²) >= 11 is 0. The average molecular weight is 410 g/mol. The molecule has 0 atom stereocenters. The number of rotatable bonds is 8. The van der Waals surface area contributed by atoms with Crippen LogP contribution >= 0.6 is 0 Å². The molecule has 1 heterocycles. The number of hydrogen-bond donors (Lipinski definition) is 2. The molecule has 1 aromatic heterocycles. The van der Waals surface area contributed by atoms with Crippen LogP contribution in [0.4, 0.5) is 0 Å². The Balaban J connectivity index is 1.70. The van der Waals surface area contributed by atoms with E-state index in [1.807, 2.05) is 25.2 Å². The Labute approximate surface area is 180 Å². The molecular formula is C24H35N5O. The molecule has 0 saturated heterocycles. The van der Waals surface area contributed by atoms with E-state index in [0.717, 1.165) is 25.1 Å². The van der Waals surface area contributed by atoms with Gasteiger partial charge in [-0.25, -0.2) is 0 Å². The van der Waals surface area contributed by atoms with Crippen LogP contribution in [0.15, 0.2) is 53.7 Å². The summed E-state index contributed by atoms with van der Waals surface area (Å²) in [6.45, 7) is 8.24. The van der Waals surface area contributed by atoms with E-state index in [9.17, 15) is 4.79 Å². The molecule has 6 heteroatoms. The van der Waals surface area contributed by atoms with Crippen molar-refractivity contribution in [2.75, 3.05) is 33.7 Å². The molecule has 30 heavy (non-hydrogen) atoms. The number of hydrogen-bond acceptors (Lipinski definition) is 3.